The molecule has 1 atom stereocenters. The van der Waals surface area contributed by atoms with E-state index in [1.165, 1.54) is 29.8 Å². The lowest BCUT2D eigenvalue weighted by atomic mass is 10.0. The van der Waals surface area contributed by atoms with Crippen molar-refractivity contribution < 1.29 is 9.72 Å². The third-order valence-corrected chi connectivity index (χ3v) is 4.52. The predicted molar refractivity (Wildman–Crippen MR) is 79.3 cm³/mol. The molecule has 0 aliphatic carbocycles. The molecule has 0 unspecified atom stereocenters. The number of rotatable bonds is 4. The monoisotopic (exact) mass is 307 g/mol. The molecule has 1 amide bonds. The molecule has 1 aromatic heterocycles. The van der Waals surface area contributed by atoms with Crippen molar-refractivity contribution in [3.8, 4) is 0 Å². The number of hydrogen-bond donors (Lipinski definition) is 0. The quantitative estimate of drug-likeness (QED) is 0.609. The molecule has 3 heterocycles. The summed E-state index contributed by atoms with van der Waals surface area (Å²) in [5.74, 6) is -0.233. The van der Waals surface area contributed by atoms with E-state index in [9.17, 15) is 14.9 Å². The van der Waals surface area contributed by atoms with Crippen LogP contribution in [0.3, 0.4) is 0 Å². The van der Waals surface area contributed by atoms with E-state index in [1.54, 1.807) is 0 Å². The van der Waals surface area contributed by atoms with E-state index < -0.39 is 4.92 Å². The Morgan fingerprint density at radius 3 is 2.77 bits per heavy atom. The summed E-state index contributed by atoms with van der Waals surface area (Å²) in [6.07, 6.45) is 6.16. The number of carbonyl (C=O) groups excluding carboxylic acids is 1. The van der Waals surface area contributed by atoms with Gasteiger partial charge in [0.1, 0.15) is 6.54 Å². The average molecular weight is 307 g/mol. The fraction of sp³-hybridized carbons (Fsp3) is 0.714. The van der Waals surface area contributed by atoms with E-state index in [0.29, 0.717) is 6.04 Å². The topological polar surface area (TPSA) is 84.5 Å². The molecule has 22 heavy (non-hydrogen) atoms. The van der Waals surface area contributed by atoms with E-state index in [2.05, 4.69) is 10.00 Å². The minimum absolute atomic E-state index is 0.0121. The van der Waals surface area contributed by atoms with Crippen LogP contribution >= 0.6 is 0 Å². The smallest absolute Gasteiger partial charge is 0.358 e. The first-order valence-corrected chi connectivity index (χ1v) is 7.83. The summed E-state index contributed by atoms with van der Waals surface area (Å²) < 4.78 is 1.35. The maximum atomic E-state index is 12.4. The molecule has 2 saturated heterocycles. The van der Waals surface area contributed by atoms with Crippen molar-refractivity contribution in [2.24, 2.45) is 0 Å². The molecule has 3 rings (SSSR count). The molecule has 0 radical (unpaired) electrons. The van der Waals surface area contributed by atoms with Crippen LogP contribution in [-0.4, -0.2) is 62.6 Å². The lowest BCUT2D eigenvalue weighted by Gasteiger charge is -2.37. The Morgan fingerprint density at radius 1 is 1.32 bits per heavy atom. The van der Waals surface area contributed by atoms with Crippen LogP contribution in [0.1, 0.15) is 25.7 Å². The molecule has 0 spiro atoms. The molecular weight excluding hydrogens is 286 g/mol. The fourth-order valence-electron chi connectivity index (χ4n) is 3.36. The number of hydrogen-bond acceptors (Lipinski definition) is 5. The maximum absolute atomic E-state index is 12.4. The SMILES string of the molecule is O=C(Cn1ccc([N+](=O)[O-])n1)N1CCC[C@H](N2CCCC2)C1. The minimum Gasteiger partial charge on any atom is -0.358 e. The zero-order chi connectivity index (χ0) is 15.5. The fourth-order valence-corrected chi connectivity index (χ4v) is 3.36. The molecule has 8 nitrogen and oxygen atoms in total. The highest BCUT2D eigenvalue weighted by atomic mass is 16.6. The first kappa shape index (κ1) is 15.0. The molecule has 0 bridgehead atoms. The van der Waals surface area contributed by atoms with Gasteiger partial charge < -0.3 is 15.0 Å². The van der Waals surface area contributed by atoms with Crippen molar-refractivity contribution in [2.75, 3.05) is 26.2 Å². The van der Waals surface area contributed by atoms with Crippen LogP contribution in [0.2, 0.25) is 0 Å². The second kappa shape index (κ2) is 6.43. The second-order valence-corrected chi connectivity index (χ2v) is 6.01. The van der Waals surface area contributed by atoms with Crippen LogP contribution < -0.4 is 0 Å². The summed E-state index contributed by atoms with van der Waals surface area (Å²) in [5, 5.41) is 14.4. The molecule has 8 heteroatoms. The summed E-state index contributed by atoms with van der Waals surface area (Å²) in [7, 11) is 0. The molecule has 2 aliphatic heterocycles. The van der Waals surface area contributed by atoms with E-state index in [4.69, 9.17) is 0 Å². The molecular formula is C14H21N5O3. The van der Waals surface area contributed by atoms with Gasteiger partial charge in [-0.15, -0.1) is 0 Å². The number of amides is 1. The van der Waals surface area contributed by atoms with Crippen LogP contribution in [0.15, 0.2) is 12.3 Å². The standard InChI is InChI=1S/C14H21N5O3/c20-14(11-18-9-5-13(15-18)19(21)22)17-8-3-4-12(10-17)16-6-1-2-7-16/h5,9,12H,1-4,6-8,10-11H2/t12-/m0/s1. The highest BCUT2D eigenvalue weighted by Gasteiger charge is 2.29. The van der Waals surface area contributed by atoms with E-state index in [1.807, 2.05) is 4.90 Å². The van der Waals surface area contributed by atoms with Crippen molar-refractivity contribution in [3.05, 3.63) is 22.4 Å². The van der Waals surface area contributed by atoms with Gasteiger partial charge >= 0.3 is 5.82 Å². The van der Waals surface area contributed by atoms with E-state index >= 15 is 0 Å². The van der Waals surface area contributed by atoms with Gasteiger partial charge in [0.25, 0.3) is 0 Å². The average Bonchev–Trinajstić information content (AvgIpc) is 3.19. The lowest BCUT2D eigenvalue weighted by molar-refractivity contribution is -0.389. The van der Waals surface area contributed by atoms with Gasteiger partial charge in [-0.1, -0.05) is 0 Å². The summed E-state index contributed by atoms with van der Waals surface area (Å²) >= 11 is 0. The van der Waals surface area contributed by atoms with Crippen molar-refractivity contribution in [1.29, 1.82) is 0 Å². The zero-order valence-electron chi connectivity index (χ0n) is 12.6. The molecule has 0 aromatic carbocycles. The molecule has 120 valence electrons. The van der Waals surface area contributed by atoms with Gasteiger partial charge in [-0.3, -0.25) is 9.69 Å². The summed E-state index contributed by atoms with van der Waals surface area (Å²) in [6, 6.07) is 1.78. The van der Waals surface area contributed by atoms with Crippen LogP contribution in [0.4, 0.5) is 5.82 Å². The largest absolute Gasteiger partial charge is 0.389 e. The van der Waals surface area contributed by atoms with Gasteiger partial charge in [-0.2, -0.15) is 4.68 Å². The van der Waals surface area contributed by atoms with Gasteiger partial charge in [0.05, 0.1) is 17.4 Å². The Kier molecular flexibility index (Phi) is 4.37. The summed E-state index contributed by atoms with van der Waals surface area (Å²) in [4.78, 5) is 26.8. The Labute approximate surface area is 128 Å². The Morgan fingerprint density at radius 2 is 2.09 bits per heavy atom. The molecule has 0 N–H and O–H groups in total. The van der Waals surface area contributed by atoms with E-state index in [0.717, 1.165) is 39.0 Å². The van der Waals surface area contributed by atoms with Crippen LogP contribution in [-0.2, 0) is 11.3 Å². The van der Waals surface area contributed by atoms with Crippen LogP contribution in [0.25, 0.3) is 0 Å². The number of nitro groups is 1. The van der Waals surface area contributed by atoms with Gasteiger partial charge in [-0.05, 0) is 43.7 Å². The molecule has 2 fully saturated rings. The van der Waals surface area contributed by atoms with Crippen LogP contribution in [0, 0.1) is 10.1 Å². The highest BCUT2D eigenvalue weighted by molar-refractivity contribution is 5.76. The third-order valence-electron chi connectivity index (χ3n) is 4.52. The first-order valence-electron chi connectivity index (χ1n) is 7.83. The summed E-state index contributed by atoms with van der Waals surface area (Å²) in [5.41, 5.74) is 0. The predicted octanol–water partition coefficient (Wildman–Crippen LogP) is 0.878. The van der Waals surface area contributed by atoms with Crippen molar-refractivity contribution in [2.45, 2.75) is 38.3 Å². The van der Waals surface area contributed by atoms with Gasteiger partial charge in [-0.25, -0.2) is 0 Å². The van der Waals surface area contributed by atoms with Crippen molar-refractivity contribution in [3.63, 3.8) is 0 Å². The Balaban J connectivity index is 1.57. The number of piperidine rings is 1. The number of nitrogens with zero attached hydrogens (tertiary/aromatic N) is 5. The van der Waals surface area contributed by atoms with Crippen molar-refractivity contribution >= 4 is 11.7 Å². The summed E-state index contributed by atoms with van der Waals surface area (Å²) in [6.45, 7) is 3.88. The Bertz CT molecular complexity index is 552. The lowest BCUT2D eigenvalue weighted by Crippen LogP contribution is -2.49. The minimum atomic E-state index is -0.550. The second-order valence-electron chi connectivity index (χ2n) is 6.01. The molecule has 0 saturated carbocycles. The maximum Gasteiger partial charge on any atom is 0.389 e. The Hall–Kier alpha value is -1.96. The zero-order valence-corrected chi connectivity index (χ0v) is 12.6. The normalized spacial score (nSPS) is 22.9. The third kappa shape index (κ3) is 3.27. The van der Waals surface area contributed by atoms with Gasteiger partial charge in [0.15, 0.2) is 0 Å². The first-order chi connectivity index (χ1) is 10.6. The van der Waals surface area contributed by atoms with E-state index in [-0.39, 0.29) is 18.3 Å². The number of aromatic nitrogens is 2. The number of carbonyl (C=O) groups is 1. The van der Waals surface area contributed by atoms with Crippen molar-refractivity contribution in [1.82, 2.24) is 19.6 Å². The van der Waals surface area contributed by atoms with Gasteiger partial charge in [0.2, 0.25) is 5.91 Å². The number of likely N-dealkylation sites (tertiary alicyclic amines) is 2. The molecule has 1 aromatic rings. The van der Waals surface area contributed by atoms with Gasteiger partial charge in [0, 0.05) is 19.1 Å². The van der Waals surface area contributed by atoms with Crippen LogP contribution in [0.5, 0.6) is 0 Å². The highest BCUT2D eigenvalue weighted by Crippen LogP contribution is 2.20. The molecule has 2 aliphatic rings.